The van der Waals surface area contributed by atoms with Crippen molar-refractivity contribution in [3.63, 3.8) is 0 Å². The van der Waals surface area contributed by atoms with Crippen LogP contribution < -0.4 is 5.32 Å². The first-order valence-corrected chi connectivity index (χ1v) is 9.97. The SMILES string of the molecule is O=C(NC1CCN(C2CCCCC2O)CC1)C1CCCc2[nH]ncc21. The summed E-state index contributed by atoms with van der Waals surface area (Å²) < 4.78 is 0. The summed E-state index contributed by atoms with van der Waals surface area (Å²) in [6, 6.07) is 0.596. The number of amides is 1. The number of H-pyrrole nitrogens is 1. The van der Waals surface area contributed by atoms with Gasteiger partial charge in [-0.2, -0.15) is 5.10 Å². The quantitative estimate of drug-likeness (QED) is 0.778. The highest BCUT2D eigenvalue weighted by Gasteiger charge is 2.33. The number of likely N-dealkylation sites (tertiary alicyclic amines) is 1. The van der Waals surface area contributed by atoms with Crippen LogP contribution in [0, 0.1) is 0 Å². The standard InChI is InChI=1S/C19H30N4O2/c24-18-7-2-1-6-17(18)23-10-8-13(9-11-23)21-19(25)14-4-3-5-16-15(14)12-20-22-16/h12-14,17-18,24H,1-11H2,(H,20,22)(H,21,25). The molecule has 1 amide bonds. The fourth-order valence-corrected chi connectivity index (χ4v) is 4.93. The van der Waals surface area contributed by atoms with E-state index in [1.165, 1.54) is 6.42 Å². The maximum atomic E-state index is 12.8. The molecule has 6 nitrogen and oxygen atoms in total. The summed E-state index contributed by atoms with van der Waals surface area (Å²) in [5, 5.41) is 20.7. The van der Waals surface area contributed by atoms with Gasteiger partial charge in [-0.15, -0.1) is 0 Å². The lowest BCUT2D eigenvalue weighted by Gasteiger charge is -2.41. The third kappa shape index (κ3) is 3.60. The van der Waals surface area contributed by atoms with E-state index < -0.39 is 0 Å². The lowest BCUT2D eigenvalue weighted by atomic mass is 9.86. The first-order valence-electron chi connectivity index (χ1n) is 9.97. The Bertz CT molecular complexity index is 594. The van der Waals surface area contributed by atoms with E-state index in [9.17, 15) is 9.90 Å². The van der Waals surface area contributed by atoms with Crippen molar-refractivity contribution in [1.82, 2.24) is 20.4 Å². The number of aliphatic hydroxyl groups excluding tert-OH is 1. The largest absolute Gasteiger partial charge is 0.391 e. The Hall–Kier alpha value is -1.40. The third-order valence-electron chi connectivity index (χ3n) is 6.40. The fraction of sp³-hybridized carbons (Fsp3) is 0.789. The van der Waals surface area contributed by atoms with Crippen LogP contribution in [0.15, 0.2) is 6.20 Å². The Morgan fingerprint density at radius 3 is 2.76 bits per heavy atom. The monoisotopic (exact) mass is 346 g/mol. The maximum absolute atomic E-state index is 12.8. The molecular formula is C19H30N4O2. The molecule has 3 aliphatic rings. The minimum atomic E-state index is -0.165. The number of aromatic nitrogens is 2. The Kier molecular flexibility index (Phi) is 5.08. The van der Waals surface area contributed by atoms with Crippen LogP contribution in [0.5, 0.6) is 0 Å². The summed E-state index contributed by atoms with van der Waals surface area (Å²) in [7, 11) is 0. The van der Waals surface area contributed by atoms with E-state index in [0.717, 1.165) is 75.7 Å². The van der Waals surface area contributed by atoms with Gasteiger partial charge >= 0.3 is 0 Å². The number of hydrogen-bond acceptors (Lipinski definition) is 4. The average molecular weight is 346 g/mol. The number of aromatic amines is 1. The number of aliphatic hydroxyl groups is 1. The highest BCUT2D eigenvalue weighted by molar-refractivity contribution is 5.84. The fourth-order valence-electron chi connectivity index (χ4n) is 4.93. The van der Waals surface area contributed by atoms with Gasteiger partial charge in [0.25, 0.3) is 0 Å². The molecule has 3 N–H and O–H groups in total. The summed E-state index contributed by atoms with van der Waals surface area (Å²) in [5.74, 6) is 0.124. The lowest BCUT2D eigenvalue weighted by Crippen LogP contribution is -2.52. The van der Waals surface area contributed by atoms with Gasteiger partial charge in [0.15, 0.2) is 0 Å². The summed E-state index contributed by atoms with van der Waals surface area (Å²) in [4.78, 5) is 15.2. The zero-order chi connectivity index (χ0) is 17.2. The lowest BCUT2D eigenvalue weighted by molar-refractivity contribution is -0.124. The molecule has 0 spiro atoms. The smallest absolute Gasteiger partial charge is 0.227 e. The Labute approximate surface area is 149 Å². The van der Waals surface area contributed by atoms with Gasteiger partial charge in [0, 0.05) is 36.4 Å². The summed E-state index contributed by atoms with van der Waals surface area (Å²) >= 11 is 0. The van der Waals surface area contributed by atoms with Crippen LogP contribution >= 0.6 is 0 Å². The molecule has 3 unspecified atom stereocenters. The Balaban J connectivity index is 1.30. The van der Waals surface area contributed by atoms with Crippen LogP contribution in [-0.4, -0.2) is 57.4 Å². The molecule has 25 heavy (non-hydrogen) atoms. The molecule has 1 saturated carbocycles. The molecule has 138 valence electrons. The molecule has 2 heterocycles. The minimum absolute atomic E-state index is 0.0410. The van der Waals surface area contributed by atoms with Crippen molar-refractivity contribution >= 4 is 5.91 Å². The molecule has 2 fully saturated rings. The number of piperidine rings is 1. The van der Waals surface area contributed by atoms with Gasteiger partial charge in [-0.3, -0.25) is 14.8 Å². The molecule has 0 aromatic carbocycles. The molecule has 3 atom stereocenters. The third-order valence-corrected chi connectivity index (χ3v) is 6.40. The van der Waals surface area contributed by atoms with E-state index in [-0.39, 0.29) is 24.0 Å². The van der Waals surface area contributed by atoms with Crippen molar-refractivity contribution in [2.75, 3.05) is 13.1 Å². The number of rotatable bonds is 3. The van der Waals surface area contributed by atoms with Crippen molar-refractivity contribution in [3.8, 4) is 0 Å². The van der Waals surface area contributed by atoms with Gasteiger partial charge in [-0.1, -0.05) is 12.8 Å². The first-order chi connectivity index (χ1) is 12.2. The van der Waals surface area contributed by atoms with E-state index in [1.54, 1.807) is 0 Å². The van der Waals surface area contributed by atoms with Crippen molar-refractivity contribution in [2.45, 2.75) is 81.9 Å². The number of aryl methyl sites for hydroxylation is 1. The van der Waals surface area contributed by atoms with Crippen LogP contribution in [0.1, 0.15) is 68.5 Å². The number of carbonyl (C=O) groups is 1. The van der Waals surface area contributed by atoms with Gasteiger partial charge < -0.3 is 10.4 Å². The molecule has 1 saturated heterocycles. The topological polar surface area (TPSA) is 81.3 Å². The molecular weight excluding hydrogens is 316 g/mol. The second kappa shape index (κ2) is 7.46. The van der Waals surface area contributed by atoms with Crippen molar-refractivity contribution in [1.29, 1.82) is 0 Å². The molecule has 6 heteroatoms. The van der Waals surface area contributed by atoms with Crippen molar-refractivity contribution < 1.29 is 9.90 Å². The van der Waals surface area contributed by atoms with Gasteiger partial charge in [0.1, 0.15) is 0 Å². The molecule has 2 aliphatic carbocycles. The number of hydrogen-bond donors (Lipinski definition) is 3. The maximum Gasteiger partial charge on any atom is 0.227 e. The molecule has 1 aromatic rings. The number of nitrogens with one attached hydrogen (secondary N) is 2. The zero-order valence-electron chi connectivity index (χ0n) is 14.9. The van der Waals surface area contributed by atoms with Crippen LogP contribution in [0.2, 0.25) is 0 Å². The second-order valence-electron chi connectivity index (χ2n) is 7.99. The van der Waals surface area contributed by atoms with Gasteiger partial charge in [0.2, 0.25) is 5.91 Å². The first kappa shape index (κ1) is 17.0. The summed E-state index contributed by atoms with van der Waals surface area (Å²) in [6.07, 6.45) is 11.0. The minimum Gasteiger partial charge on any atom is -0.391 e. The predicted molar refractivity (Wildman–Crippen MR) is 95.3 cm³/mol. The van der Waals surface area contributed by atoms with Crippen molar-refractivity contribution in [2.24, 2.45) is 0 Å². The van der Waals surface area contributed by atoms with Crippen molar-refractivity contribution in [3.05, 3.63) is 17.5 Å². The van der Waals surface area contributed by atoms with Gasteiger partial charge in [0.05, 0.1) is 18.2 Å². The Morgan fingerprint density at radius 1 is 1.16 bits per heavy atom. The van der Waals surface area contributed by atoms with E-state index >= 15 is 0 Å². The van der Waals surface area contributed by atoms with Gasteiger partial charge in [-0.25, -0.2) is 0 Å². The van der Waals surface area contributed by atoms with Crippen LogP contribution in [-0.2, 0) is 11.2 Å². The molecule has 1 aromatic heterocycles. The predicted octanol–water partition coefficient (Wildman–Crippen LogP) is 1.71. The number of carbonyl (C=O) groups excluding carboxylic acids is 1. The average Bonchev–Trinajstić information content (AvgIpc) is 3.11. The number of fused-ring (bicyclic) bond motifs is 1. The van der Waals surface area contributed by atoms with E-state index in [1.807, 2.05) is 6.20 Å². The van der Waals surface area contributed by atoms with Crippen LogP contribution in [0.3, 0.4) is 0 Å². The van der Waals surface area contributed by atoms with E-state index in [0.29, 0.717) is 6.04 Å². The summed E-state index contributed by atoms with van der Waals surface area (Å²) in [6.45, 7) is 1.96. The van der Waals surface area contributed by atoms with Crippen LogP contribution in [0.4, 0.5) is 0 Å². The molecule has 0 radical (unpaired) electrons. The second-order valence-corrected chi connectivity index (χ2v) is 7.99. The summed E-state index contributed by atoms with van der Waals surface area (Å²) in [5.41, 5.74) is 2.22. The van der Waals surface area contributed by atoms with E-state index in [4.69, 9.17) is 0 Å². The molecule has 1 aliphatic heterocycles. The Morgan fingerprint density at radius 2 is 1.96 bits per heavy atom. The zero-order valence-corrected chi connectivity index (χ0v) is 14.9. The van der Waals surface area contributed by atoms with Gasteiger partial charge in [-0.05, 0) is 44.9 Å². The molecule has 4 rings (SSSR count). The highest BCUT2D eigenvalue weighted by atomic mass is 16.3. The molecule has 0 bridgehead atoms. The highest BCUT2D eigenvalue weighted by Crippen LogP contribution is 2.31. The van der Waals surface area contributed by atoms with E-state index in [2.05, 4.69) is 20.4 Å². The van der Waals surface area contributed by atoms with Crippen LogP contribution in [0.25, 0.3) is 0 Å². The normalized spacial score (nSPS) is 31.5. The number of nitrogens with zero attached hydrogens (tertiary/aromatic N) is 2.